The van der Waals surface area contributed by atoms with Gasteiger partial charge in [-0.1, -0.05) is 168 Å². The number of Topliss-reactive ketones (excluding diaryl/α,β-unsaturated/α-hetero) is 1. The van der Waals surface area contributed by atoms with Gasteiger partial charge in [0.05, 0.1) is 18.8 Å². The van der Waals surface area contributed by atoms with Crippen LogP contribution in [0, 0.1) is 17.8 Å². The molecular weight excluding hydrogens is 656 g/mol. The molecule has 0 heterocycles. The van der Waals surface area contributed by atoms with Gasteiger partial charge in [-0.15, -0.1) is 0 Å². The third-order valence-electron chi connectivity index (χ3n) is 11.0. The molecule has 0 spiro atoms. The highest BCUT2D eigenvalue weighted by molar-refractivity contribution is 5.86. The third-order valence-corrected chi connectivity index (χ3v) is 11.0. The molecule has 0 aromatic carbocycles. The lowest BCUT2D eigenvalue weighted by Gasteiger charge is -2.19. The smallest absolute Gasteiger partial charge is 0.306 e. The Bertz CT molecular complexity index is 920. The molecule has 0 bridgehead atoms. The first-order valence-electron chi connectivity index (χ1n) is 21.7. The summed E-state index contributed by atoms with van der Waals surface area (Å²) in [5, 5.41) is 30.3. The van der Waals surface area contributed by atoms with Crippen molar-refractivity contribution >= 4 is 17.7 Å². The minimum absolute atomic E-state index is 0.0339. The zero-order chi connectivity index (χ0) is 38.2. The molecule has 1 unspecified atom stereocenters. The zero-order valence-electron chi connectivity index (χ0n) is 33.7. The Hall–Kier alpha value is -1.77. The number of hydrogen-bond acceptors (Lipinski definition) is 8. The fraction of sp³-hybridized carbons (Fsp3) is 0.886. The predicted molar refractivity (Wildman–Crippen MR) is 211 cm³/mol. The Balaban J connectivity index is 2.03. The summed E-state index contributed by atoms with van der Waals surface area (Å²) in [5.74, 6) is -0.301. The summed E-state index contributed by atoms with van der Waals surface area (Å²) < 4.78 is 10.6. The van der Waals surface area contributed by atoms with E-state index in [9.17, 15) is 29.7 Å². The van der Waals surface area contributed by atoms with Crippen LogP contribution in [0.25, 0.3) is 0 Å². The van der Waals surface area contributed by atoms with Crippen LogP contribution < -0.4 is 0 Å². The van der Waals surface area contributed by atoms with Crippen LogP contribution in [0.2, 0.25) is 0 Å². The van der Waals surface area contributed by atoms with E-state index in [1.807, 2.05) is 0 Å². The number of rotatable bonds is 35. The summed E-state index contributed by atoms with van der Waals surface area (Å²) in [4.78, 5) is 36.9. The number of carbonyl (C=O) groups is 3. The van der Waals surface area contributed by atoms with Crippen LogP contribution in [-0.2, 0) is 23.9 Å². The molecule has 3 N–H and O–H groups in total. The second-order valence-electron chi connectivity index (χ2n) is 15.8. The van der Waals surface area contributed by atoms with Crippen LogP contribution in [0.1, 0.15) is 201 Å². The summed E-state index contributed by atoms with van der Waals surface area (Å²) in [6.07, 6.45) is 30.3. The van der Waals surface area contributed by atoms with E-state index in [0.29, 0.717) is 19.3 Å². The molecule has 1 rings (SSSR count). The summed E-state index contributed by atoms with van der Waals surface area (Å²) in [6, 6.07) is 0. The molecule has 0 aromatic heterocycles. The predicted octanol–water partition coefficient (Wildman–Crippen LogP) is 10.1. The largest absolute Gasteiger partial charge is 0.462 e. The van der Waals surface area contributed by atoms with E-state index in [0.717, 1.165) is 70.1 Å². The van der Waals surface area contributed by atoms with Crippen LogP contribution >= 0.6 is 0 Å². The number of allylic oxidation sites excluding steroid dienone is 1. The Morgan fingerprint density at radius 2 is 1.27 bits per heavy atom. The number of carbonyl (C=O) groups excluding carboxylic acids is 3. The number of hydrogen-bond donors (Lipinski definition) is 3. The van der Waals surface area contributed by atoms with Crippen LogP contribution in [0.15, 0.2) is 12.2 Å². The van der Waals surface area contributed by atoms with Gasteiger partial charge in [0.2, 0.25) is 0 Å². The molecule has 0 aliphatic heterocycles. The summed E-state index contributed by atoms with van der Waals surface area (Å²) in [7, 11) is 0. The molecule has 1 aliphatic rings. The molecule has 0 radical (unpaired) electrons. The van der Waals surface area contributed by atoms with Gasteiger partial charge in [0, 0.05) is 25.2 Å². The second-order valence-corrected chi connectivity index (χ2v) is 15.8. The molecule has 1 fully saturated rings. The van der Waals surface area contributed by atoms with Gasteiger partial charge in [-0.2, -0.15) is 0 Å². The van der Waals surface area contributed by atoms with Gasteiger partial charge in [0.15, 0.2) is 6.10 Å². The van der Waals surface area contributed by atoms with Crippen LogP contribution in [0.4, 0.5) is 0 Å². The van der Waals surface area contributed by atoms with E-state index >= 15 is 0 Å². The minimum atomic E-state index is -0.854. The quantitative estimate of drug-likeness (QED) is 0.0333. The van der Waals surface area contributed by atoms with Crippen LogP contribution in [0.3, 0.4) is 0 Å². The molecule has 8 nitrogen and oxygen atoms in total. The van der Waals surface area contributed by atoms with Crippen molar-refractivity contribution in [3.8, 4) is 0 Å². The van der Waals surface area contributed by atoms with E-state index in [4.69, 9.17) is 9.47 Å². The van der Waals surface area contributed by atoms with Gasteiger partial charge in [-0.25, -0.2) is 0 Å². The van der Waals surface area contributed by atoms with E-state index < -0.39 is 30.9 Å². The highest BCUT2D eigenvalue weighted by Gasteiger charge is 2.39. The number of aliphatic hydroxyl groups excluding tert-OH is 3. The number of esters is 2. The van der Waals surface area contributed by atoms with Gasteiger partial charge < -0.3 is 24.8 Å². The highest BCUT2D eigenvalue weighted by Crippen LogP contribution is 2.34. The Labute approximate surface area is 318 Å². The summed E-state index contributed by atoms with van der Waals surface area (Å²) in [6.45, 7) is 6.24. The minimum Gasteiger partial charge on any atom is -0.462 e. The monoisotopic (exact) mass is 737 g/mol. The van der Waals surface area contributed by atoms with Crippen molar-refractivity contribution in [1.82, 2.24) is 0 Å². The van der Waals surface area contributed by atoms with E-state index in [2.05, 4.69) is 20.8 Å². The van der Waals surface area contributed by atoms with Crippen LogP contribution in [-0.4, -0.2) is 64.6 Å². The number of ketones is 1. The van der Waals surface area contributed by atoms with Crippen molar-refractivity contribution in [2.75, 3.05) is 13.2 Å². The normalized spacial score (nSPS) is 19.3. The third kappa shape index (κ3) is 25.3. The molecular formula is C44H80O8. The molecule has 304 valence electrons. The lowest BCUT2D eigenvalue weighted by molar-refractivity contribution is -0.161. The zero-order valence-corrected chi connectivity index (χ0v) is 33.7. The topological polar surface area (TPSA) is 130 Å². The molecule has 52 heavy (non-hydrogen) atoms. The Morgan fingerprint density at radius 3 is 1.83 bits per heavy atom. The lowest BCUT2D eigenvalue weighted by Crippen LogP contribution is -2.28. The van der Waals surface area contributed by atoms with Crippen molar-refractivity contribution in [3.63, 3.8) is 0 Å². The average molecular weight is 737 g/mol. The van der Waals surface area contributed by atoms with Gasteiger partial charge in [-0.05, 0) is 37.5 Å². The van der Waals surface area contributed by atoms with E-state index in [1.54, 1.807) is 12.2 Å². The van der Waals surface area contributed by atoms with Crippen molar-refractivity contribution in [2.45, 2.75) is 219 Å². The maximum absolute atomic E-state index is 12.5. The van der Waals surface area contributed by atoms with E-state index in [-0.39, 0.29) is 43.0 Å². The average Bonchev–Trinajstić information content (AvgIpc) is 3.40. The maximum Gasteiger partial charge on any atom is 0.306 e. The second kappa shape index (κ2) is 32.6. The van der Waals surface area contributed by atoms with Crippen molar-refractivity contribution in [1.29, 1.82) is 0 Å². The molecule has 6 atom stereocenters. The lowest BCUT2D eigenvalue weighted by atomic mass is 9.88. The van der Waals surface area contributed by atoms with Crippen molar-refractivity contribution in [3.05, 3.63) is 12.2 Å². The number of unbranched alkanes of at least 4 members (excludes halogenated alkanes) is 18. The van der Waals surface area contributed by atoms with Gasteiger partial charge in [0.25, 0.3) is 0 Å². The van der Waals surface area contributed by atoms with Crippen molar-refractivity contribution in [2.24, 2.45) is 17.8 Å². The first-order chi connectivity index (χ1) is 25.2. The molecule has 0 saturated heterocycles. The van der Waals surface area contributed by atoms with Gasteiger partial charge >= 0.3 is 11.9 Å². The van der Waals surface area contributed by atoms with Gasteiger partial charge in [0.1, 0.15) is 12.4 Å². The van der Waals surface area contributed by atoms with Crippen molar-refractivity contribution < 1.29 is 39.2 Å². The highest BCUT2D eigenvalue weighted by atomic mass is 16.6. The summed E-state index contributed by atoms with van der Waals surface area (Å²) >= 11 is 0. The van der Waals surface area contributed by atoms with Crippen LogP contribution in [0.5, 0.6) is 0 Å². The first-order valence-corrected chi connectivity index (χ1v) is 21.7. The Kier molecular flexibility index (Phi) is 30.3. The molecule has 1 saturated carbocycles. The molecule has 0 amide bonds. The number of aliphatic hydroxyl groups is 3. The fourth-order valence-electron chi connectivity index (χ4n) is 7.26. The molecule has 8 heteroatoms. The maximum atomic E-state index is 12.5. The molecule has 0 aromatic rings. The standard InChI is InChI=1S/C44H80O8/c1-4-6-21-27-37(46)31-32-40-39(41(47)33-42(40)48)28-23-19-20-25-30-44(50)52-38(34-45)35-51-43(49)29-24-18-16-14-12-10-8-7-9-11-13-15-17-22-26-36(3)5-2/h31-32,36-41,45-47H,4-30,33-35H2,1-3H3/b32-31+/t36?,37-,38-,39+,40+,41-/m0/s1. The molecule has 1 aliphatic carbocycles. The van der Waals surface area contributed by atoms with E-state index in [1.165, 1.54) is 83.5 Å². The summed E-state index contributed by atoms with van der Waals surface area (Å²) in [5.41, 5.74) is 0. The Morgan fingerprint density at radius 1 is 0.750 bits per heavy atom. The first kappa shape index (κ1) is 48.2. The number of ether oxygens (including phenoxy) is 2. The SMILES string of the molecule is CCCCC[C@H](O)/C=C/[C@H]1C(=O)C[C@H](O)[C@@H]1CCCCCCC(=O)O[C@@H](CO)COC(=O)CCCCCCCCCCCCCCCCC(C)CC. The van der Waals surface area contributed by atoms with Gasteiger partial charge in [-0.3, -0.25) is 14.4 Å². The fourth-order valence-corrected chi connectivity index (χ4v) is 7.26.